The van der Waals surface area contributed by atoms with E-state index >= 15 is 0 Å². The van der Waals surface area contributed by atoms with Crippen molar-refractivity contribution in [1.29, 1.82) is 0 Å². The minimum absolute atomic E-state index is 1.11. The number of para-hydroxylation sites is 6. The van der Waals surface area contributed by atoms with Crippen molar-refractivity contribution in [3.63, 3.8) is 0 Å². The molecule has 136 heavy (non-hydrogen) atoms. The number of hydrogen-bond acceptors (Lipinski definition) is 4. The zero-order chi connectivity index (χ0) is 91.2. The molecule has 0 unspecified atom stereocenters. The van der Waals surface area contributed by atoms with E-state index in [-0.39, 0.29) is 0 Å². The van der Waals surface area contributed by atoms with Gasteiger partial charge >= 0.3 is 0 Å². The van der Waals surface area contributed by atoms with E-state index in [2.05, 4.69) is 530 Å². The molecule has 8 heteroatoms. The number of benzene rings is 22. The number of anilines is 12. The van der Waals surface area contributed by atoms with Crippen molar-refractivity contribution in [3.05, 3.63) is 482 Å². The first-order valence-electron chi connectivity index (χ1n) is 47.2. The van der Waals surface area contributed by atoms with Gasteiger partial charge in [0.2, 0.25) is 0 Å². The highest BCUT2D eigenvalue weighted by Crippen LogP contribution is 2.51. The predicted octanol–water partition coefficient (Wildman–Crippen LogP) is 35.6. The van der Waals surface area contributed by atoms with Gasteiger partial charge < -0.3 is 37.9 Å². The van der Waals surface area contributed by atoms with Gasteiger partial charge in [0.1, 0.15) is 0 Å². The molecular formula is C128H96N8. The summed E-state index contributed by atoms with van der Waals surface area (Å²) < 4.78 is 9.96. The average molecular weight is 1750 g/mol. The van der Waals surface area contributed by atoms with E-state index in [0.717, 1.165) is 91.0 Å². The fourth-order valence-electron chi connectivity index (χ4n) is 22.2. The van der Waals surface area contributed by atoms with Crippen LogP contribution in [0.4, 0.5) is 68.2 Å². The molecule has 8 nitrogen and oxygen atoms in total. The summed E-state index contributed by atoms with van der Waals surface area (Å²) in [7, 11) is 0. The van der Waals surface area contributed by atoms with Gasteiger partial charge in [-0.1, -0.05) is 218 Å². The summed E-state index contributed by atoms with van der Waals surface area (Å²) in [6.45, 7) is 18.2. The van der Waals surface area contributed by atoms with Crippen LogP contribution in [0.1, 0.15) is 45.0 Å². The Kier molecular flexibility index (Phi) is 19.2. The number of rotatable bonds is 16. The molecule has 0 aliphatic heterocycles. The van der Waals surface area contributed by atoms with Crippen molar-refractivity contribution in [1.82, 2.24) is 18.3 Å². The Balaban J connectivity index is 0.000000146. The third-order valence-corrected chi connectivity index (χ3v) is 29.2. The molecule has 0 amide bonds. The molecule has 26 aromatic rings. The first kappa shape index (κ1) is 80.8. The van der Waals surface area contributed by atoms with Gasteiger partial charge in [-0.3, -0.25) is 0 Å². The molecule has 0 spiro atoms. The van der Waals surface area contributed by atoms with Crippen molar-refractivity contribution in [2.24, 2.45) is 0 Å². The summed E-state index contributed by atoms with van der Waals surface area (Å²) in [5.41, 5.74) is 33.3. The predicted molar refractivity (Wildman–Crippen MR) is 579 cm³/mol. The lowest BCUT2D eigenvalue weighted by Crippen LogP contribution is -2.10. The number of hydrogen-bond donors (Lipinski definition) is 0. The molecule has 0 bridgehead atoms. The molecule has 0 atom stereocenters. The SMILES string of the molecule is Cc1c(C)n(-c2ccc(N(c3ccccc3)c3ccc4ccccc4c3)cc2)c2c1cc1ccc3c4c(ccc2c14)cc1c(C)c(C)n(-c2ccc(N(c4ccccc4)c4ccc5ccccc5c4)cc2)c13.Cc1c(C)n(-c2ccc(N(c3ccccc3)c3ccccc3)cc2)c2c1cc1ccc3c4c(ccc2c14)cc1c(C)c(C)n(-c2ccc(N(c4ccccc4)c4ccccc4)cc2)c13. The molecule has 4 aromatic heterocycles. The van der Waals surface area contributed by atoms with Crippen molar-refractivity contribution in [2.75, 3.05) is 19.6 Å². The Hall–Kier alpha value is -17.2. The summed E-state index contributed by atoms with van der Waals surface area (Å²) in [5.74, 6) is 0. The largest absolute Gasteiger partial charge is 0.313 e. The Morgan fingerprint density at radius 3 is 0.537 bits per heavy atom. The smallest absolute Gasteiger partial charge is 0.0613 e. The summed E-state index contributed by atoms with van der Waals surface area (Å²) in [6.07, 6.45) is 0. The van der Waals surface area contributed by atoms with Gasteiger partial charge in [0, 0.05) is 157 Å². The molecule has 0 saturated carbocycles. The van der Waals surface area contributed by atoms with Gasteiger partial charge in [0.15, 0.2) is 0 Å². The van der Waals surface area contributed by atoms with Gasteiger partial charge in [-0.25, -0.2) is 0 Å². The molecule has 0 saturated heterocycles. The van der Waals surface area contributed by atoms with Crippen molar-refractivity contribution in [2.45, 2.75) is 55.4 Å². The van der Waals surface area contributed by atoms with E-state index < -0.39 is 0 Å². The lowest BCUT2D eigenvalue weighted by Gasteiger charge is -2.26. The van der Waals surface area contributed by atoms with Gasteiger partial charge in [-0.15, -0.1) is 0 Å². The lowest BCUT2D eigenvalue weighted by molar-refractivity contribution is 1.04. The van der Waals surface area contributed by atoms with Crippen molar-refractivity contribution in [3.8, 4) is 22.7 Å². The number of aromatic nitrogens is 4. The summed E-state index contributed by atoms with van der Waals surface area (Å²) in [4.78, 5) is 9.36. The van der Waals surface area contributed by atoms with Crippen LogP contribution >= 0.6 is 0 Å². The summed E-state index contributed by atoms with van der Waals surface area (Å²) >= 11 is 0. The normalized spacial score (nSPS) is 11.8. The Labute approximate surface area is 790 Å². The van der Waals surface area contributed by atoms with Gasteiger partial charge in [0.25, 0.3) is 0 Å². The van der Waals surface area contributed by atoms with Crippen LogP contribution in [-0.2, 0) is 0 Å². The fourth-order valence-corrected chi connectivity index (χ4v) is 22.2. The van der Waals surface area contributed by atoms with Gasteiger partial charge in [0.05, 0.1) is 22.1 Å². The first-order valence-corrected chi connectivity index (χ1v) is 47.2. The van der Waals surface area contributed by atoms with Crippen molar-refractivity contribution >= 4 is 198 Å². The highest BCUT2D eigenvalue weighted by molar-refractivity contribution is 6.35. The number of aryl methyl sites for hydroxylation is 4. The third-order valence-electron chi connectivity index (χ3n) is 29.2. The molecule has 0 radical (unpaired) electrons. The van der Waals surface area contributed by atoms with Gasteiger partial charge in [-0.2, -0.15) is 0 Å². The van der Waals surface area contributed by atoms with Crippen LogP contribution in [0.2, 0.25) is 0 Å². The number of fused-ring (bicyclic) bond motifs is 10. The lowest BCUT2D eigenvalue weighted by atomic mass is 9.91. The zero-order valence-corrected chi connectivity index (χ0v) is 77.1. The molecule has 0 aliphatic carbocycles. The monoisotopic (exact) mass is 1740 g/mol. The molecular weight excluding hydrogens is 1650 g/mol. The number of nitrogens with zero attached hydrogens (tertiary/aromatic N) is 8. The standard InChI is InChI=1S/C68H50N4.C60H46N4/c1-43-45(3)69(55-29-33-57(34-30-55)71(53-19-7-5-8-20-53)59-27-23-47-15-11-13-17-49(47)39-59)67-61-37-26-52-42-64-44(2)46(4)70(68(64)62-38-25-51(41-63(43)67)65(61)66(52)62)56-31-35-58(36-32-56)72(54-21-9-6-10-22-54)60-28-24-48-16-12-14-18-50(48)40-60;1-39-41(3)61(49-27-31-51(32-28-49)63(45-17-9-5-10-18-45)46-19-11-6-12-20-46)59-53-35-26-44-38-56-40(2)42(4)62(60(56)54-36-25-43(37-55(39)59)57(53)58(44)54)50-29-33-52(34-30-50)64(47-21-13-7-14-22-47)48-23-15-8-16-24-48/h5-42H,1-4H3;5-38H,1-4H3. The molecule has 4 heterocycles. The second-order valence-electron chi connectivity index (χ2n) is 36.6. The third kappa shape index (κ3) is 13.0. The molecule has 648 valence electrons. The molecule has 26 rings (SSSR count). The van der Waals surface area contributed by atoms with E-state index in [1.165, 1.54) is 175 Å². The second kappa shape index (κ2) is 32.4. The van der Waals surface area contributed by atoms with Crippen LogP contribution < -0.4 is 19.6 Å². The molecule has 0 aliphatic rings. The van der Waals surface area contributed by atoms with E-state index in [0.29, 0.717) is 0 Å². The minimum Gasteiger partial charge on any atom is -0.313 e. The maximum absolute atomic E-state index is 2.49. The first-order chi connectivity index (χ1) is 66.8. The van der Waals surface area contributed by atoms with E-state index in [9.17, 15) is 0 Å². The van der Waals surface area contributed by atoms with Crippen LogP contribution in [0.15, 0.2) is 437 Å². The van der Waals surface area contributed by atoms with Crippen LogP contribution in [-0.4, -0.2) is 18.3 Å². The maximum atomic E-state index is 2.49. The van der Waals surface area contributed by atoms with E-state index in [4.69, 9.17) is 0 Å². The molecule has 22 aromatic carbocycles. The summed E-state index contributed by atoms with van der Waals surface area (Å²) in [6, 6.07) is 160. The zero-order valence-electron chi connectivity index (χ0n) is 77.1. The van der Waals surface area contributed by atoms with Crippen LogP contribution in [0.25, 0.3) is 153 Å². The molecule has 0 fully saturated rings. The van der Waals surface area contributed by atoms with Crippen LogP contribution in [0, 0.1) is 55.4 Å². The highest BCUT2D eigenvalue weighted by atomic mass is 15.2. The highest BCUT2D eigenvalue weighted by Gasteiger charge is 2.29. The quantitative estimate of drug-likeness (QED) is 0.0903. The topological polar surface area (TPSA) is 32.7 Å². The molecule has 0 N–H and O–H groups in total. The minimum atomic E-state index is 1.11. The van der Waals surface area contributed by atoms with E-state index in [1.54, 1.807) is 0 Å². The Morgan fingerprint density at radius 2 is 0.316 bits per heavy atom. The fraction of sp³-hybridized carbons (Fsp3) is 0.0625. The average Bonchev–Trinajstić information content (AvgIpc) is 1.50. The Morgan fingerprint density at radius 1 is 0.140 bits per heavy atom. The Bertz CT molecular complexity index is 8520. The van der Waals surface area contributed by atoms with Crippen LogP contribution in [0.5, 0.6) is 0 Å². The van der Waals surface area contributed by atoms with Crippen molar-refractivity contribution < 1.29 is 0 Å². The summed E-state index contributed by atoms with van der Waals surface area (Å²) in [5, 5.41) is 25.5. The van der Waals surface area contributed by atoms with Gasteiger partial charge in [-0.05, 0) is 361 Å². The maximum Gasteiger partial charge on any atom is 0.0613 e. The van der Waals surface area contributed by atoms with E-state index in [1.807, 2.05) is 0 Å². The second-order valence-corrected chi connectivity index (χ2v) is 36.6. The van der Waals surface area contributed by atoms with Crippen LogP contribution in [0.3, 0.4) is 0 Å².